The number of anilines is 2. The quantitative estimate of drug-likeness (QED) is 0.749. The predicted octanol–water partition coefficient (Wildman–Crippen LogP) is 0.974. The topological polar surface area (TPSA) is 64.5 Å². The Kier molecular flexibility index (Phi) is 5.57. The molecule has 4 rings (SSSR count). The maximum absolute atomic E-state index is 12.8. The highest BCUT2D eigenvalue weighted by Gasteiger charge is 2.27. The summed E-state index contributed by atoms with van der Waals surface area (Å²) in [5.41, 5.74) is 4.25. The van der Waals surface area contributed by atoms with Gasteiger partial charge in [0.05, 0.1) is 20.8 Å². The molecule has 2 aliphatic rings. The highest BCUT2D eigenvalue weighted by molar-refractivity contribution is 5.64. The van der Waals surface area contributed by atoms with Crippen molar-refractivity contribution in [3.05, 3.63) is 52.7 Å². The van der Waals surface area contributed by atoms with E-state index in [4.69, 9.17) is 9.47 Å². The highest BCUT2D eigenvalue weighted by Crippen LogP contribution is 2.34. The van der Waals surface area contributed by atoms with Crippen LogP contribution in [0.1, 0.15) is 11.1 Å². The molecule has 1 atom stereocenters. The number of hydrogen-bond donors (Lipinski definition) is 2. The predicted molar refractivity (Wildman–Crippen MR) is 110 cm³/mol. The molecule has 1 fully saturated rings. The second-order valence-electron chi connectivity index (χ2n) is 7.22. The van der Waals surface area contributed by atoms with E-state index in [1.807, 2.05) is 23.2 Å². The van der Waals surface area contributed by atoms with E-state index in [9.17, 15) is 5.21 Å². The van der Waals surface area contributed by atoms with Gasteiger partial charge in [-0.2, -0.15) is 0 Å². The van der Waals surface area contributed by atoms with Gasteiger partial charge in [0.1, 0.15) is 23.7 Å². The molecule has 150 valence electrons. The minimum atomic E-state index is 0.128. The van der Waals surface area contributed by atoms with Crippen LogP contribution in [-0.4, -0.2) is 46.9 Å². The van der Waals surface area contributed by atoms with E-state index >= 15 is 0 Å². The monoisotopic (exact) mass is 384 g/mol. The molecule has 2 heterocycles. The number of hydrogen-bond acceptors (Lipinski definition) is 6. The van der Waals surface area contributed by atoms with Gasteiger partial charge in [-0.3, -0.25) is 5.17 Å². The molecule has 2 aromatic carbocycles. The minimum Gasteiger partial charge on any atom is -0.608 e. The average molecular weight is 384 g/mol. The van der Waals surface area contributed by atoms with Crippen LogP contribution in [0.4, 0.5) is 11.4 Å². The van der Waals surface area contributed by atoms with E-state index in [0.717, 1.165) is 66.6 Å². The van der Waals surface area contributed by atoms with E-state index in [-0.39, 0.29) is 5.17 Å². The van der Waals surface area contributed by atoms with Crippen molar-refractivity contribution in [3.8, 4) is 11.5 Å². The molecule has 7 nitrogen and oxygen atoms in total. The van der Waals surface area contributed by atoms with E-state index in [1.165, 1.54) is 0 Å². The molecule has 0 spiro atoms. The first-order valence-electron chi connectivity index (χ1n) is 9.79. The zero-order valence-electron chi connectivity index (χ0n) is 16.5. The number of methoxy groups -OCH3 is 2. The second kappa shape index (κ2) is 8.26. The molecule has 0 radical (unpaired) electrons. The second-order valence-corrected chi connectivity index (χ2v) is 7.22. The number of piperazine rings is 1. The average Bonchev–Trinajstić information content (AvgIpc) is 2.75. The molecule has 0 bridgehead atoms. The van der Waals surface area contributed by atoms with Crippen LogP contribution in [-0.2, 0) is 13.0 Å². The molecule has 0 aromatic heterocycles. The summed E-state index contributed by atoms with van der Waals surface area (Å²) in [5.74, 6) is 1.56. The fourth-order valence-electron chi connectivity index (χ4n) is 4.05. The molecule has 0 amide bonds. The van der Waals surface area contributed by atoms with Gasteiger partial charge < -0.3 is 24.9 Å². The first-order chi connectivity index (χ1) is 13.7. The van der Waals surface area contributed by atoms with Crippen molar-refractivity contribution in [1.29, 1.82) is 0 Å². The van der Waals surface area contributed by atoms with Crippen molar-refractivity contribution in [3.63, 3.8) is 0 Å². The lowest BCUT2D eigenvalue weighted by Crippen LogP contribution is -3.15. The van der Waals surface area contributed by atoms with Crippen LogP contribution >= 0.6 is 0 Å². The molecule has 1 saturated heterocycles. The molecule has 2 aliphatic heterocycles. The summed E-state index contributed by atoms with van der Waals surface area (Å²) >= 11 is 0. The van der Waals surface area contributed by atoms with E-state index in [0.29, 0.717) is 13.1 Å². The minimum absolute atomic E-state index is 0.128. The number of nitrogens with one attached hydrogen (secondary N) is 2. The molecular formula is C21H28N4O3. The third-order valence-corrected chi connectivity index (χ3v) is 5.49. The molecule has 0 saturated carbocycles. The highest BCUT2D eigenvalue weighted by atomic mass is 16.6. The Hall–Kier alpha value is -2.48. The summed E-state index contributed by atoms with van der Waals surface area (Å²) in [5, 5.41) is 18.2. The van der Waals surface area contributed by atoms with Crippen LogP contribution in [0.2, 0.25) is 0 Å². The Morgan fingerprint density at radius 3 is 2.68 bits per heavy atom. The Morgan fingerprint density at radius 1 is 1.11 bits per heavy atom. The lowest BCUT2D eigenvalue weighted by molar-refractivity contribution is -0.861. The van der Waals surface area contributed by atoms with Gasteiger partial charge in [-0.25, -0.2) is 5.01 Å². The van der Waals surface area contributed by atoms with Gasteiger partial charge in [0.15, 0.2) is 0 Å². The number of para-hydroxylation sites is 1. The molecule has 2 N–H and O–H groups in total. The summed E-state index contributed by atoms with van der Waals surface area (Å²) in [6, 6.07) is 12.2. The molecule has 2 aromatic rings. The zero-order valence-corrected chi connectivity index (χ0v) is 16.5. The number of nitrogens with zero attached hydrogens (tertiary/aromatic N) is 2. The third kappa shape index (κ3) is 3.73. The number of rotatable bonds is 5. The molecule has 1 unspecified atom stereocenters. The number of hydroxylamine groups is 1. The van der Waals surface area contributed by atoms with Gasteiger partial charge in [0.25, 0.3) is 0 Å². The summed E-state index contributed by atoms with van der Waals surface area (Å²) < 4.78 is 11.1. The van der Waals surface area contributed by atoms with Crippen LogP contribution in [0.25, 0.3) is 0 Å². The number of fused-ring (bicyclic) bond motifs is 1. The Labute approximate surface area is 166 Å². The normalized spacial score (nSPS) is 19.3. The van der Waals surface area contributed by atoms with Crippen LogP contribution in [0, 0.1) is 5.21 Å². The fourth-order valence-corrected chi connectivity index (χ4v) is 4.05. The number of benzene rings is 2. The first-order valence-corrected chi connectivity index (χ1v) is 9.79. The first kappa shape index (κ1) is 18.9. The van der Waals surface area contributed by atoms with Crippen LogP contribution in [0.3, 0.4) is 0 Å². The summed E-state index contributed by atoms with van der Waals surface area (Å²) in [6.45, 7) is 4.90. The zero-order chi connectivity index (χ0) is 19.5. The van der Waals surface area contributed by atoms with E-state index in [2.05, 4.69) is 28.4 Å². The smallest absolute Gasteiger partial charge is 0.147 e. The number of quaternary nitrogens is 1. The third-order valence-electron chi connectivity index (χ3n) is 5.49. The van der Waals surface area contributed by atoms with Crippen molar-refractivity contribution < 1.29 is 14.6 Å². The molecular weight excluding hydrogens is 356 g/mol. The largest absolute Gasteiger partial charge is 0.608 e. The molecule has 0 aliphatic carbocycles. The van der Waals surface area contributed by atoms with Gasteiger partial charge in [-0.1, -0.05) is 12.1 Å². The van der Waals surface area contributed by atoms with Crippen molar-refractivity contribution in [1.82, 2.24) is 5.32 Å². The number of ether oxygens (including phenoxy) is 2. The maximum Gasteiger partial charge on any atom is 0.147 e. The lowest BCUT2D eigenvalue weighted by atomic mass is 10.1. The SMILES string of the molecule is COc1cc(CN2c3c(cccc3OC)CC[NH+]2[O-])cc(N2CCNCC2)c1. The van der Waals surface area contributed by atoms with Crippen molar-refractivity contribution in [2.75, 3.05) is 56.9 Å². The Bertz CT molecular complexity index is 809. The molecule has 28 heavy (non-hydrogen) atoms. The van der Waals surface area contributed by atoms with Crippen LogP contribution < -0.4 is 29.9 Å². The van der Waals surface area contributed by atoms with Gasteiger partial charge >= 0.3 is 0 Å². The van der Waals surface area contributed by atoms with Gasteiger partial charge in [-0.05, 0) is 29.3 Å². The Balaban J connectivity index is 1.67. The van der Waals surface area contributed by atoms with Gasteiger partial charge in [0, 0.05) is 44.4 Å². The summed E-state index contributed by atoms with van der Waals surface area (Å²) in [7, 11) is 3.34. The Morgan fingerprint density at radius 2 is 1.93 bits per heavy atom. The van der Waals surface area contributed by atoms with Crippen molar-refractivity contribution in [2.24, 2.45) is 0 Å². The van der Waals surface area contributed by atoms with Crippen LogP contribution in [0.15, 0.2) is 36.4 Å². The van der Waals surface area contributed by atoms with Crippen molar-refractivity contribution in [2.45, 2.75) is 13.0 Å². The van der Waals surface area contributed by atoms with Gasteiger partial charge in [-0.15, -0.1) is 0 Å². The molecule has 7 heteroatoms. The van der Waals surface area contributed by atoms with Crippen LogP contribution in [0.5, 0.6) is 11.5 Å². The summed E-state index contributed by atoms with van der Waals surface area (Å²) in [4.78, 5) is 2.36. The van der Waals surface area contributed by atoms with Crippen molar-refractivity contribution >= 4 is 11.4 Å². The summed E-state index contributed by atoms with van der Waals surface area (Å²) in [6.07, 6.45) is 0.756. The van der Waals surface area contributed by atoms with E-state index < -0.39 is 0 Å². The maximum atomic E-state index is 12.8. The standard InChI is InChI=1S/C21H28N4O3/c1-27-19-13-16(12-18(14-19)23-10-7-22-8-11-23)15-24-21-17(6-9-25(24)26)4-3-5-20(21)28-2/h3-5,12-14,22,25H,6-11,15H2,1-2H3. The fraction of sp³-hybridized carbons (Fsp3) is 0.429. The lowest BCUT2D eigenvalue weighted by Gasteiger charge is -2.40. The van der Waals surface area contributed by atoms with Gasteiger partial charge in [0.2, 0.25) is 0 Å². The van der Waals surface area contributed by atoms with E-state index in [1.54, 1.807) is 14.2 Å².